The Balaban J connectivity index is 1.65. The van der Waals surface area contributed by atoms with Crippen molar-refractivity contribution < 1.29 is 0 Å². The van der Waals surface area contributed by atoms with Gasteiger partial charge in [0.25, 0.3) is 0 Å². The number of likely N-dealkylation sites (tertiary alicyclic amines) is 1. The molecular formula is C16H30N2. The lowest BCUT2D eigenvalue weighted by atomic mass is 9.69. The summed E-state index contributed by atoms with van der Waals surface area (Å²) in [6.07, 6.45) is 7.02. The molecule has 0 aromatic heterocycles. The van der Waals surface area contributed by atoms with Crippen LogP contribution in [0.4, 0.5) is 0 Å². The van der Waals surface area contributed by atoms with Crippen LogP contribution in [-0.4, -0.2) is 37.1 Å². The first-order valence-electron chi connectivity index (χ1n) is 7.88. The lowest BCUT2D eigenvalue weighted by Crippen LogP contribution is -2.51. The van der Waals surface area contributed by atoms with Crippen molar-refractivity contribution in [2.24, 2.45) is 16.7 Å². The molecule has 0 radical (unpaired) electrons. The van der Waals surface area contributed by atoms with Gasteiger partial charge in [0.05, 0.1) is 0 Å². The minimum Gasteiger partial charge on any atom is -0.311 e. The van der Waals surface area contributed by atoms with Crippen LogP contribution in [-0.2, 0) is 0 Å². The van der Waals surface area contributed by atoms with Crippen molar-refractivity contribution in [3.8, 4) is 0 Å². The molecule has 2 nitrogen and oxygen atoms in total. The highest BCUT2D eigenvalue weighted by Crippen LogP contribution is 2.65. The molecule has 1 aliphatic heterocycles. The van der Waals surface area contributed by atoms with Crippen LogP contribution in [0.3, 0.4) is 0 Å². The van der Waals surface area contributed by atoms with E-state index in [2.05, 4.69) is 38.0 Å². The Morgan fingerprint density at radius 1 is 1.06 bits per heavy atom. The van der Waals surface area contributed by atoms with Crippen molar-refractivity contribution in [1.82, 2.24) is 10.2 Å². The number of fused-ring (bicyclic) bond motifs is 2. The molecule has 0 spiro atoms. The fourth-order valence-electron chi connectivity index (χ4n) is 4.92. The monoisotopic (exact) mass is 250 g/mol. The molecule has 18 heavy (non-hydrogen) atoms. The van der Waals surface area contributed by atoms with Gasteiger partial charge in [-0.15, -0.1) is 0 Å². The van der Waals surface area contributed by atoms with Crippen molar-refractivity contribution >= 4 is 0 Å². The van der Waals surface area contributed by atoms with E-state index in [9.17, 15) is 0 Å². The number of rotatable bonds is 2. The first-order chi connectivity index (χ1) is 8.43. The summed E-state index contributed by atoms with van der Waals surface area (Å²) in [5, 5.41) is 4.04. The molecule has 3 atom stereocenters. The number of piperidine rings is 1. The van der Waals surface area contributed by atoms with Crippen molar-refractivity contribution in [3.63, 3.8) is 0 Å². The minimum absolute atomic E-state index is 0.543. The van der Waals surface area contributed by atoms with Gasteiger partial charge in [0, 0.05) is 12.1 Å². The van der Waals surface area contributed by atoms with Gasteiger partial charge < -0.3 is 10.2 Å². The molecule has 0 aromatic rings. The molecule has 0 aromatic carbocycles. The summed E-state index contributed by atoms with van der Waals surface area (Å²) in [5.41, 5.74) is 1.09. The van der Waals surface area contributed by atoms with E-state index in [4.69, 9.17) is 0 Å². The summed E-state index contributed by atoms with van der Waals surface area (Å²) >= 11 is 0. The van der Waals surface area contributed by atoms with Gasteiger partial charge in [-0.2, -0.15) is 0 Å². The zero-order valence-corrected chi connectivity index (χ0v) is 12.6. The second-order valence-electron chi connectivity index (χ2n) is 7.91. The molecule has 1 N–H and O–H groups in total. The smallest absolute Gasteiger partial charge is 0.0131 e. The minimum atomic E-state index is 0.543. The van der Waals surface area contributed by atoms with Crippen molar-refractivity contribution in [1.29, 1.82) is 0 Å². The Labute approximate surface area is 113 Å². The molecule has 104 valence electrons. The van der Waals surface area contributed by atoms with Gasteiger partial charge in [0.2, 0.25) is 0 Å². The molecule has 3 rings (SSSR count). The molecule has 2 bridgehead atoms. The molecule has 0 amide bonds. The fourth-order valence-corrected chi connectivity index (χ4v) is 4.92. The molecule has 3 fully saturated rings. The maximum atomic E-state index is 4.04. The van der Waals surface area contributed by atoms with Crippen LogP contribution in [0.1, 0.15) is 52.9 Å². The molecular weight excluding hydrogens is 220 g/mol. The van der Waals surface area contributed by atoms with E-state index in [0.717, 1.165) is 18.0 Å². The fraction of sp³-hybridized carbons (Fsp3) is 1.00. The largest absolute Gasteiger partial charge is 0.311 e. The Morgan fingerprint density at radius 2 is 1.72 bits per heavy atom. The summed E-state index contributed by atoms with van der Waals surface area (Å²) < 4.78 is 0. The Kier molecular flexibility index (Phi) is 3.02. The van der Waals surface area contributed by atoms with Crippen LogP contribution < -0.4 is 5.32 Å². The molecule has 1 heterocycles. The zero-order chi connectivity index (χ0) is 13.0. The normalized spacial score (nSPS) is 44.7. The average Bonchev–Trinajstić information content (AvgIpc) is 2.65. The first-order valence-corrected chi connectivity index (χ1v) is 7.88. The second-order valence-corrected chi connectivity index (χ2v) is 7.91. The van der Waals surface area contributed by atoms with Crippen LogP contribution in [0.15, 0.2) is 0 Å². The lowest BCUT2D eigenvalue weighted by Gasteiger charge is -2.42. The average molecular weight is 250 g/mol. The molecule has 1 saturated heterocycles. The van der Waals surface area contributed by atoms with Gasteiger partial charge >= 0.3 is 0 Å². The molecule has 3 aliphatic rings. The highest BCUT2D eigenvalue weighted by Gasteiger charge is 2.61. The highest BCUT2D eigenvalue weighted by atomic mass is 15.1. The van der Waals surface area contributed by atoms with Crippen LogP contribution in [0.5, 0.6) is 0 Å². The summed E-state index contributed by atoms with van der Waals surface area (Å²) in [5.74, 6) is 0.964. The number of hydrogen-bond donors (Lipinski definition) is 1. The Morgan fingerprint density at radius 3 is 2.22 bits per heavy atom. The van der Waals surface area contributed by atoms with Gasteiger partial charge in [-0.3, -0.25) is 0 Å². The van der Waals surface area contributed by atoms with Gasteiger partial charge in [-0.1, -0.05) is 20.8 Å². The predicted molar refractivity (Wildman–Crippen MR) is 76.7 cm³/mol. The van der Waals surface area contributed by atoms with E-state index in [0.29, 0.717) is 10.8 Å². The summed E-state index contributed by atoms with van der Waals surface area (Å²) in [7, 11) is 2.25. The Bertz CT molecular complexity index is 317. The maximum Gasteiger partial charge on any atom is 0.0131 e. The maximum absolute atomic E-state index is 4.04. The van der Waals surface area contributed by atoms with Crippen molar-refractivity contribution in [3.05, 3.63) is 0 Å². The van der Waals surface area contributed by atoms with Gasteiger partial charge in [0.15, 0.2) is 0 Å². The third kappa shape index (κ3) is 1.76. The third-order valence-corrected chi connectivity index (χ3v) is 6.95. The van der Waals surface area contributed by atoms with Gasteiger partial charge in [-0.05, 0) is 69.0 Å². The third-order valence-electron chi connectivity index (χ3n) is 6.95. The van der Waals surface area contributed by atoms with Gasteiger partial charge in [-0.25, -0.2) is 0 Å². The van der Waals surface area contributed by atoms with Crippen molar-refractivity contribution in [2.75, 3.05) is 20.1 Å². The Hall–Kier alpha value is -0.0800. The van der Waals surface area contributed by atoms with E-state index < -0.39 is 0 Å². The topological polar surface area (TPSA) is 15.3 Å². The predicted octanol–water partition coefficient (Wildman–Crippen LogP) is 2.89. The standard InChI is InChI=1S/C16H30N2/c1-15(2)12-5-8-16(15,3)14(11-12)17-13-6-9-18(4)10-7-13/h12-14,17H,5-11H2,1-4H3. The van der Waals surface area contributed by atoms with Crippen LogP contribution in [0.2, 0.25) is 0 Å². The van der Waals surface area contributed by atoms with E-state index >= 15 is 0 Å². The van der Waals surface area contributed by atoms with E-state index in [-0.39, 0.29) is 0 Å². The quantitative estimate of drug-likeness (QED) is 0.811. The van der Waals surface area contributed by atoms with Crippen LogP contribution >= 0.6 is 0 Å². The number of nitrogens with one attached hydrogen (secondary N) is 1. The molecule has 2 heteroatoms. The molecule has 3 unspecified atom stereocenters. The van der Waals surface area contributed by atoms with Crippen molar-refractivity contribution in [2.45, 2.75) is 65.0 Å². The van der Waals surface area contributed by atoms with Gasteiger partial charge in [0.1, 0.15) is 0 Å². The molecule has 2 aliphatic carbocycles. The SMILES string of the molecule is CN1CCC(NC2CC3CCC2(C)C3(C)C)CC1. The molecule has 2 saturated carbocycles. The highest BCUT2D eigenvalue weighted by molar-refractivity contribution is 5.13. The summed E-state index contributed by atoms with van der Waals surface area (Å²) in [4.78, 5) is 2.46. The summed E-state index contributed by atoms with van der Waals surface area (Å²) in [6, 6.07) is 1.55. The van der Waals surface area contributed by atoms with Crippen LogP contribution in [0, 0.1) is 16.7 Å². The zero-order valence-electron chi connectivity index (χ0n) is 12.6. The lowest BCUT2D eigenvalue weighted by molar-refractivity contribution is 0.106. The first kappa shape index (κ1) is 12.9. The number of hydrogen-bond acceptors (Lipinski definition) is 2. The number of nitrogens with zero attached hydrogens (tertiary/aromatic N) is 1. The summed E-state index contributed by atoms with van der Waals surface area (Å²) in [6.45, 7) is 10.1. The van der Waals surface area contributed by atoms with E-state index in [1.807, 2.05) is 0 Å². The van der Waals surface area contributed by atoms with Crippen LogP contribution in [0.25, 0.3) is 0 Å². The van der Waals surface area contributed by atoms with E-state index in [1.54, 1.807) is 0 Å². The van der Waals surface area contributed by atoms with E-state index in [1.165, 1.54) is 45.2 Å². The second kappa shape index (κ2) is 4.21.